The molecule has 0 radical (unpaired) electrons. The van der Waals surface area contributed by atoms with Gasteiger partial charge in [-0.15, -0.1) is 0 Å². The molecule has 2 N–H and O–H groups in total. The topological polar surface area (TPSA) is 90.4 Å². The first-order valence-electron chi connectivity index (χ1n) is 12.3. The van der Waals surface area contributed by atoms with E-state index in [9.17, 15) is 0 Å². The number of aromatic nitrogens is 3. The molecular weight excluding hydrogens is 454 g/mol. The lowest BCUT2D eigenvalue weighted by molar-refractivity contribution is 0.0490. The summed E-state index contributed by atoms with van der Waals surface area (Å²) >= 11 is 6.49. The predicted molar refractivity (Wildman–Crippen MR) is 133 cm³/mol. The van der Waals surface area contributed by atoms with E-state index in [0.29, 0.717) is 47.2 Å². The second kappa shape index (κ2) is 12.6. The first kappa shape index (κ1) is 25.1. The molecule has 0 aromatic carbocycles. The normalized spacial score (nSPS) is 22.3. The van der Waals surface area contributed by atoms with Gasteiger partial charge in [0.2, 0.25) is 5.88 Å². The fraction of sp³-hybridized carbons (Fsp3) is 0.640. The van der Waals surface area contributed by atoms with Crippen molar-refractivity contribution in [2.45, 2.75) is 63.6 Å². The van der Waals surface area contributed by atoms with Gasteiger partial charge in [0.1, 0.15) is 5.82 Å². The molecule has 0 spiro atoms. The monoisotopic (exact) mass is 489 g/mol. The summed E-state index contributed by atoms with van der Waals surface area (Å²) in [6.07, 6.45) is 11.5. The fourth-order valence-electron chi connectivity index (χ4n) is 4.69. The van der Waals surface area contributed by atoms with Crippen molar-refractivity contribution in [1.29, 1.82) is 0 Å². The first-order chi connectivity index (χ1) is 16.6. The second-order valence-electron chi connectivity index (χ2n) is 9.37. The number of halogens is 1. The van der Waals surface area contributed by atoms with E-state index in [4.69, 9.17) is 25.8 Å². The van der Waals surface area contributed by atoms with E-state index in [1.807, 2.05) is 6.07 Å². The summed E-state index contributed by atoms with van der Waals surface area (Å²) in [7, 11) is 1.74. The van der Waals surface area contributed by atoms with Crippen molar-refractivity contribution in [1.82, 2.24) is 20.3 Å². The summed E-state index contributed by atoms with van der Waals surface area (Å²) in [5, 5.41) is 7.79. The Kier molecular flexibility index (Phi) is 9.33. The number of methoxy groups -OCH3 is 1. The predicted octanol–water partition coefficient (Wildman–Crippen LogP) is 4.35. The molecule has 0 bridgehead atoms. The van der Waals surface area contributed by atoms with E-state index in [1.54, 1.807) is 25.7 Å². The van der Waals surface area contributed by atoms with Crippen LogP contribution in [0.4, 0.5) is 5.82 Å². The average molecular weight is 490 g/mol. The summed E-state index contributed by atoms with van der Waals surface area (Å²) in [6.45, 7) is 5.13. The average Bonchev–Trinajstić information content (AvgIpc) is 2.86. The van der Waals surface area contributed by atoms with Crippen molar-refractivity contribution in [3.8, 4) is 17.1 Å². The summed E-state index contributed by atoms with van der Waals surface area (Å²) in [4.78, 5) is 13.5. The minimum atomic E-state index is 0.373. The van der Waals surface area contributed by atoms with Crippen LogP contribution < -0.4 is 15.4 Å². The van der Waals surface area contributed by atoms with Crippen molar-refractivity contribution in [3.05, 3.63) is 29.7 Å². The van der Waals surface area contributed by atoms with Crippen LogP contribution in [0.5, 0.6) is 5.88 Å². The number of nitrogens with one attached hydrogen (secondary N) is 2. The highest BCUT2D eigenvalue weighted by atomic mass is 35.5. The van der Waals surface area contributed by atoms with Crippen LogP contribution in [0.15, 0.2) is 24.7 Å². The van der Waals surface area contributed by atoms with Gasteiger partial charge in [0.25, 0.3) is 0 Å². The quantitative estimate of drug-likeness (QED) is 0.509. The van der Waals surface area contributed by atoms with Gasteiger partial charge in [-0.25, -0.2) is 9.97 Å². The van der Waals surface area contributed by atoms with Gasteiger partial charge < -0.3 is 24.8 Å². The highest BCUT2D eigenvalue weighted by Crippen LogP contribution is 2.30. The van der Waals surface area contributed by atoms with Crippen LogP contribution in [-0.2, 0) is 9.47 Å². The van der Waals surface area contributed by atoms with E-state index >= 15 is 0 Å². The van der Waals surface area contributed by atoms with Crippen molar-refractivity contribution in [2.75, 3.05) is 38.9 Å². The molecule has 0 unspecified atom stereocenters. The van der Waals surface area contributed by atoms with Gasteiger partial charge >= 0.3 is 0 Å². The van der Waals surface area contributed by atoms with Gasteiger partial charge in [0.15, 0.2) is 0 Å². The smallest absolute Gasteiger partial charge is 0.232 e. The molecule has 3 heterocycles. The van der Waals surface area contributed by atoms with Crippen LogP contribution in [0.1, 0.15) is 45.4 Å². The molecule has 1 saturated carbocycles. The van der Waals surface area contributed by atoms with E-state index < -0.39 is 0 Å². The Morgan fingerprint density at radius 3 is 2.62 bits per heavy atom. The molecular formula is C25H36ClN5O3. The number of rotatable bonds is 10. The highest BCUT2D eigenvalue weighted by molar-refractivity contribution is 6.33. The summed E-state index contributed by atoms with van der Waals surface area (Å²) < 4.78 is 16.6. The number of anilines is 1. The zero-order valence-electron chi connectivity index (χ0n) is 20.1. The third kappa shape index (κ3) is 7.25. The van der Waals surface area contributed by atoms with E-state index in [-0.39, 0.29) is 0 Å². The lowest BCUT2D eigenvalue weighted by atomic mass is 9.90. The molecule has 1 saturated heterocycles. The van der Waals surface area contributed by atoms with Gasteiger partial charge in [-0.2, -0.15) is 0 Å². The second-order valence-corrected chi connectivity index (χ2v) is 9.78. The lowest BCUT2D eigenvalue weighted by Gasteiger charge is -2.31. The van der Waals surface area contributed by atoms with Crippen LogP contribution in [-0.4, -0.2) is 66.6 Å². The maximum Gasteiger partial charge on any atom is 0.232 e. The summed E-state index contributed by atoms with van der Waals surface area (Å²) in [5.41, 5.74) is 1.48. The third-order valence-electron chi connectivity index (χ3n) is 6.57. The Hall–Kier alpha value is -2.00. The molecule has 1 aliphatic carbocycles. The van der Waals surface area contributed by atoms with Crippen LogP contribution in [0.3, 0.4) is 0 Å². The lowest BCUT2D eigenvalue weighted by Crippen LogP contribution is -2.42. The molecule has 186 valence electrons. The number of pyridine rings is 1. The van der Waals surface area contributed by atoms with E-state index in [1.165, 1.54) is 0 Å². The minimum Gasteiger partial charge on any atom is -0.476 e. The zero-order valence-corrected chi connectivity index (χ0v) is 20.9. The Morgan fingerprint density at radius 1 is 1.09 bits per heavy atom. The van der Waals surface area contributed by atoms with Gasteiger partial charge in [0, 0.05) is 50.2 Å². The van der Waals surface area contributed by atoms with Crippen LogP contribution >= 0.6 is 11.6 Å². The van der Waals surface area contributed by atoms with Crippen LogP contribution in [0, 0.1) is 5.92 Å². The molecule has 2 aliphatic rings. The third-order valence-corrected chi connectivity index (χ3v) is 6.87. The summed E-state index contributed by atoms with van der Waals surface area (Å²) in [5.74, 6) is 1.81. The maximum absolute atomic E-state index is 6.49. The molecule has 2 fully saturated rings. The maximum atomic E-state index is 6.49. The SMILES string of the molecule is COC[C@@H](C)NC1CCC(Nc2cc(-c3cncc(OCC4CCOCC4)n3)c(Cl)cn2)CC1. The number of hydrogen-bond donors (Lipinski definition) is 2. The van der Waals surface area contributed by atoms with Crippen molar-refractivity contribution < 1.29 is 14.2 Å². The van der Waals surface area contributed by atoms with Crippen molar-refractivity contribution in [2.24, 2.45) is 5.92 Å². The first-order valence-corrected chi connectivity index (χ1v) is 12.7. The number of hydrogen-bond acceptors (Lipinski definition) is 8. The van der Waals surface area contributed by atoms with Gasteiger partial charge in [0.05, 0.1) is 36.3 Å². The standard InChI is InChI=1S/C25H36ClN5O3/c1-17(15-32-2)29-19-3-5-20(6-4-19)30-24-11-21(22(26)12-28-24)23-13-27-14-25(31-23)34-16-18-7-9-33-10-8-18/h11-14,17-20,29H,3-10,15-16H2,1-2H3,(H,28,30)/t17-,19?,20?/m1/s1. The van der Waals surface area contributed by atoms with Gasteiger partial charge in [-0.05, 0) is 57.4 Å². The van der Waals surface area contributed by atoms with Gasteiger partial charge in [-0.1, -0.05) is 11.6 Å². The largest absolute Gasteiger partial charge is 0.476 e. The Bertz CT molecular complexity index is 904. The highest BCUT2D eigenvalue weighted by Gasteiger charge is 2.23. The van der Waals surface area contributed by atoms with Gasteiger partial charge in [-0.3, -0.25) is 4.98 Å². The van der Waals surface area contributed by atoms with E-state index in [2.05, 4.69) is 32.5 Å². The van der Waals surface area contributed by atoms with Crippen molar-refractivity contribution in [3.63, 3.8) is 0 Å². The molecule has 1 aliphatic heterocycles. The zero-order chi connectivity index (χ0) is 23.8. The van der Waals surface area contributed by atoms with Crippen LogP contribution in [0.2, 0.25) is 5.02 Å². The molecule has 2 aromatic heterocycles. The Balaban J connectivity index is 1.34. The molecule has 8 nitrogen and oxygen atoms in total. The molecule has 9 heteroatoms. The molecule has 2 aromatic rings. The molecule has 0 amide bonds. The fourth-order valence-corrected chi connectivity index (χ4v) is 4.89. The Labute approximate surface area is 207 Å². The number of ether oxygens (including phenoxy) is 3. The number of nitrogens with zero attached hydrogens (tertiary/aromatic N) is 3. The van der Waals surface area contributed by atoms with Crippen LogP contribution in [0.25, 0.3) is 11.3 Å². The molecule has 34 heavy (non-hydrogen) atoms. The van der Waals surface area contributed by atoms with Crippen molar-refractivity contribution >= 4 is 17.4 Å². The molecule has 1 atom stereocenters. The summed E-state index contributed by atoms with van der Waals surface area (Å²) in [6, 6.07) is 3.26. The Morgan fingerprint density at radius 2 is 1.85 bits per heavy atom. The van der Waals surface area contributed by atoms with E-state index in [0.717, 1.165) is 69.7 Å². The molecule has 4 rings (SSSR count). The minimum absolute atomic E-state index is 0.373.